The first-order valence-electron chi connectivity index (χ1n) is 8.60. The number of thiazole rings is 1. The number of carbonyl (C=O) groups excluding carboxylic acids is 2. The van der Waals surface area contributed by atoms with Crippen LogP contribution in [0.4, 0.5) is 0 Å². The number of piperidine rings is 1. The molecular weight excluding hydrogens is 310 g/mol. The maximum atomic E-state index is 12.7. The van der Waals surface area contributed by atoms with E-state index in [9.17, 15) is 9.59 Å². The number of carbonyl (C=O) groups is 2. The molecule has 23 heavy (non-hydrogen) atoms. The normalized spacial score (nSPS) is 23.7. The molecule has 0 aromatic carbocycles. The van der Waals surface area contributed by atoms with Gasteiger partial charge in [-0.1, -0.05) is 12.8 Å². The van der Waals surface area contributed by atoms with Crippen molar-refractivity contribution in [2.75, 3.05) is 13.1 Å². The van der Waals surface area contributed by atoms with Crippen LogP contribution < -0.4 is 5.32 Å². The molecule has 0 spiro atoms. The third kappa shape index (κ3) is 3.91. The van der Waals surface area contributed by atoms with Crippen molar-refractivity contribution in [3.8, 4) is 0 Å². The van der Waals surface area contributed by atoms with E-state index in [1.54, 1.807) is 24.5 Å². The highest BCUT2D eigenvalue weighted by Crippen LogP contribution is 2.33. The van der Waals surface area contributed by atoms with Crippen LogP contribution >= 0.6 is 11.3 Å². The van der Waals surface area contributed by atoms with Gasteiger partial charge in [0.05, 0.1) is 6.04 Å². The Hall–Kier alpha value is -1.43. The number of nitrogens with one attached hydrogen (secondary N) is 1. The third-order valence-corrected chi connectivity index (χ3v) is 5.88. The molecule has 1 saturated heterocycles. The highest BCUT2D eigenvalue weighted by atomic mass is 32.1. The van der Waals surface area contributed by atoms with Gasteiger partial charge in [0.25, 0.3) is 0 Å². The van der Waals surface area contributed by atoms with Crippen LogP contribution in [0.1, 0.15) is 56.5 Å². The van der Waals surface area contributed by atoms with Gasteiger partial charge >= 0.3 is 0 Å². The lowest BCUT2D eigenvalue weighted by Crippen LogP contribution is -2.46. The summed E-state index contributed by atoms with van der Waals surface area (Å²) in [6, 6.07) is -0.0771. The number of rotatable bonds is 4. The minimum absolute atomic E-state index is 0.0376. The van der Waals surface area contributed by atoms with Crippen LogP contribution in [-0.4, -0.2) is 34.8 Å². The van der Waals surface area contributed by atoms with Crippen molar-refractivity contribution in [2.45, 2.75) is 51.5 Å². The average Bonchev–Trinajstić information content (AvgIpc) is 3.25. The van der Waals surface area contributed by atoms with Crippen molar-refractivity contribution in [3.63, 3.8) is 0 Å². The molecule has 2 aliphatic rings. The molecule has 1 N–H and O–H groups in total. The predicted molar refractivity (Wildman–Crippen MR) is 89.9 cm³/mol. The number of hydrogen-bond donors (Lipinski definition) is 1. The first kappa shape index (κ1) is 16.4. The lowest BCUT2D eigenvalue weighted by atomic mass is 9.89. The summed E-state index contributed by atoms with van der Waals surface area (Å²) in [5.41, 5.74) is 0. The van der Waals surface area contributed by atoms with Crippen molar-refractivity contribution in [1.82, 2.24) is 15.2 Å². The van der Waals surface area contributed by atoms with Gasteiger partial charge in [-0.05, 0) is 25.7 Å². The van der Waals surface area contributed by atoms with E-state index >= 15 is 0 Å². The molecule has 2 amide bonds. The predicted octanol–water partition coefficient (Wildman–Crippen LogP) is 2.75. The van der Waals surface area contributed by atoms with Gasteiger partial charge in [0, 0.05) is 43.4 Å². The zero-order valence-corrected chi connectivity index (χ0v) is 14.5. The molecule has 1 aliphatic heterocycles. The fraction of sp³-hybridized carbons (Fsp3) is 0.706. The molecule has 1 aromatic rings. The Balaban J connectivity index is 1.70. The molecule has 5 nitrogen and oxygen atoms in total. The zero-order chi connectivity index (χ0) is 16.2. The highest BCUT2D eigenvalue weighted by Gasteiger charge is 2.35. The van der Waals surface area contributed by atoms with Crippen LogP contribution in [0, 0.1) is 11.8 Å². The lowest BCUT2D eigenvalue weighted by Gasteiger charge is -2.37. The van der Waals surface area contributed by atoms with E-state index in [0.717, 1.165) is 43.8 Å². The fourth-order valence-electron chi connectivity index (χ4n) is 3.90. The molecule has 1 saturated carbocycles. The largest absolute Gasteiger partial charge is 0.347 e. The van der Waals surface area contributed by atoms with Crippen molar-refractivity contribution in [1.29, 1.82) is 0 Å². The van der Waals surface area contributed by atoms with E-state index in [0.29, 0.717) is 5.91 Å². The smallest absolute Gasteiger partial charge is 0.225 e. The molecule has 3 rings (SSSR count). The van der Waals surface area contributed by atoms with E-state index in [4.69, 9.17) is 0 Å². The topological polar surface area (TPSA) is 62.3 Å². The number of hydrogen-bond acceptors (Lipinski definition) is 4. The maximum Gasteiger partial charge on any atom is 0.225 e. The van der Waals surface area contributed by atoms with Crippen LogP contribution in [0.3, 0.4) is 0 Å². The second-order valence-corrected chi connectivity index (χ2v) is 7.64. The van der Waals surface area contributed by atoms with Gasteiger partial charge in [0.15, 0.2) is 0 Å². The number of amides is 2. The summed E-state index contributed by atoms with van der Waals surface area (Å²) in [6.45, 7) is 3.14. The molecule has 2 fully saturated rings. The van der Waals surface area contributed by atoms with E-state index < -0.39 is 0 Å². The maximum absolute atomic E-state index is 12.7. The minimum atomic E-state index is -0.0771. The summed E-state index contributed by atoms with van der Waals surface area (Å²) in [5.74, 6) is 0.773. The molecule has 6 heteroatoms. The van der Waals surface area contributed by atoms with Crippen LogP contribution in [0.25, 0.3) is 0 Å². The monoisotopic (exact) mass is 335 g/mol. The van der Waals surface area contributed by atoms with E-state index in [2.05, 4.69) is 10.3 Å². The average molecular weight is 335 g/mol. The second-order valence-electron chi connectivity index (χ2n) is 6.72. The summed E-state index contributed by atoms with van der Waals surface area (Å²) < 4.78 is 0. The van der Waals surface area contributed by atoms with Crippen LogP contribution in [0.15, 0.2) is 11.6 Å². The van der Waals surface area contributed by atoms with Crippen LogP contribution in [-0.2, 0) is 9.59 Å². The Morgan fingerprint density at radius 3 is 2.74 bits per heavy atom. The summed E-state index contributed by atoms with van der Waals surface area (Å²) in [5, 5.41) is 5.94. The van der Waals surface area contributed by atoms with Gasteiger partial charge in [-0.2, -0.15) is 0 Å². The fourth-order valence-corrected chi connectivity index (χ4v) is 4.68. The second kappa shape index (κ2) is 7.43. The lowest BCUT2D eigenvalue weighted by molar-refractivity contribution is -0.137. The molecule has 2 heterocycles. The Kier molecular flexibility index (Phi) is 5.30. The Morgan fingerprint density at radius 2 is 2.09 bits per heavy atom. The van der Waals surface area contributed by atoms with Crippen molar-refractivity contribution < 1.29 is 9.59 Å². The van der Waals surface area contributed by atoms with Crippen molar-refractivity contribution in [3.05, 3.63) is 16.6 Å². The summed E-state index contributed by atoms with van der Waals surface area (Å²) in [6.07, 6.45) is 8.26. The molecule has 0 unspecified atom stereocenters. The SMILES string of the molecule is CC(=O)N[C@@H](c1nccs1)[C@H]1CCCN(C(=O)C2CCCC2)C1. The minimum Gasteiger partial charge on any atom is -0.347 e. The van der Waals surface area contributed by atoms with Crippen LogP contribution in [0.5, 0.6) is 0 Å². The number of likely N-dealkylation sites (tertiary alicyclic amines) is 1. The van der Waals surface area contributed by atoms with Gasteiger partial charge in [-0.3, -0.25) is 9.59 Å². The summed E-state index contributed by atoms with van der Waals surface area (Å²) >= 11 is 1.57. The highest BCUT2D eigenvalue weighted by molar-refractivity contribution is 7.09. The molecule has 2 atom stereocenters. The molecule has 0 bridgehead atoms. The third-order valence-electron chi connectivity index (χ3n) is 5.02. The van der Waals surface area contributed by atoms with E-state index in [1.807, 2.05) is 10.3 Å². The number of aromatic nitrogens is 1. The Bertz CT molecular complexity index is 540. The van der Waals surface area contributed by atoms with E-state index in [-0.39, 0.29) is 23.8 Å². The number of nitrogens with zero attached hydrogens (tertiary/aromatic N) is 2. The molecular formula is C17H25N3O2S. The zero-order valence-electron chi connectivity index (χ0n) is 13.7. The summed E-state index contributed by atoms with van der Waals surface area (Å²) in [7, 11) is 0. The van der Waals surface area contributed by atoms with Gasteiger partial charge in [0.2, 0.25) is 11.8 Å². The van der Waals surface area contributed by atoms with Gasteiger partial charge in [-0.25, -0.2) is 4.98 Å². The molecule has 1 aliphatic carbocycles. The van der Waals surface area contributed by atoms with Crippen molar-refractivity contribution in [2.24, 2.45) is 11.8 Å². The van der Waals surface area contributed by atoms with Gasteiger partial charge in [0.1, 0.15) is 5.01 Å². The standard InChI is InChI=1S/C17H25N3O2S/c1-12(21)19-15(16-18-8-10-23-16)14-7-4-9-20(11-14)17(22)13-5-2-3-6-13/h8,10,13-15H,2-7,9,11H2,1H3,(H,19,21)/t14-,15+/m0/s1. The Morgan fingerprint density at radius 1 is 1.30 bits per heavy atom. The molecule has 126 valence electrons. The van der Waals surface area contributed by atoms with Gasteiger partial charge in [-0.15, -0.1) is 11.3 Å². The first-order valence-corrected chi connectivity index (χ1v) is 9.48. The molecule has 1 aromatic heterocycles. The van der Waals surface area contributed by atoms with E-state index in [1.165, 1.54) is 12.8 Å². The van der Waals surface area contributed by atoms with Crippen LogP contribution in [0.2, 0.25) is 0 Å². The molecule has 0 radical (unpaired) electrons. The Labute approximate surface area is 141 Å². The van der Waals surface area contributed by atoms with Gasteiger partial charge < -0.3 is 10.2 Å². The quantitative estimate of drug-likeness (QED) is 0.920. The first-order chi connectivity index (χ1) is 11.1. The summed E-state index contributed by atoms with van der Waals surface area (Å²) in [4.78, 5) is 30.7. The van der Waals surface area contributed by atoms with Crippen molar-refractivity contribution >= 4 is 23.2 Å².